The molecule has 8 heteroatoms. The summed E-state index contributed by atoms with van der Waals surface area (Å²) in [5.74, 6) is 4.88. The molecule has 2 aromatic rings. The number of anilines is 2. The van der Waals surface area contributed by atoms with Gasteiger partial charge in [0.05, 0.1) is 6.20 Å². The van der Waals surface area contributed by atoms with Crippen LogP contribution in [0, 0.1) is 46.3 Å². The Bertz CT molecular complexity index is 1270. The molecule has 4 bridgehead atoms. The lowest BCUT2D eigenvalue weighted by Gasteiger charge is -2.60. The Balaban J connectivity index is 1.05. The maximum atomic E-state index is 12.1. The van der Waals surface area contributed by atoms with Crippen molar-refractivity contribution < 1.29 is 4.79 Å². The Kier molecular flexibility index (Phi) is 8.51. The number of rotatable bonds is 11. The highest BCUT2D eigenvalue weighted by atomic mass is 35.5. The molecule has 3 unspecified atom stereocenters. The molecule has 0 aliphatic heterocycles. The molecule has 0 amide bonds. The van der Waals surface area contributed by atoms with Gasteiger partial charge in [0.2, 0.25) is 5.95 Å². The molecule has 5 aliphatic rings. The maximum Gasteiger partial charge on any atom is 0.224 e. The second-order valence-corrected chi connectivity index (χ2v) is 13.7. The van der Waals surface area contributed by atoms with E-state index in [1.54, 1.807) is 6.20 Å². The van der Waals surface area contributed by atoms with Crippen LogP contribution in [0.25, 0.3) is 0 Å². The number of aromatic nitrogens is 2. The van der Waals surface area contributed by atoms with Gasteiger partial charge < -0.3 is 16.0 Å². The van der Waals surface area contributed by atoms with Crippen molar-refractivity contribution in [3.63, 3.8) is 0 Å². The Morgan fingerprint density at radius 3 is 2.56 bits per heavy atom. The van der Waals surface area contributed by atoms with Gasteiger partial charge in [-0.3, -0.25) is 4.79 Å². The van der Waals surface area contributed by atoms with Crippen LogP contribution in [0.4, 0.5) is 11.8 Å². The van der Waals surface area contributed by atoms with Crippen molar-refractivity contribution in [2.45, 2.75) is 83.7 Å². The molecule has 1 heterocycles. The van der Waals surface area contributed by atoms with Gasteiger partial charge in [-0.05, 0) is 105 Å². The standard InChI is InChI=1S/C33H43ClN6O/c1-2-29(41)23-9-7-21(8-10-23)17-36-30-25-11-22-12-26(30)15-33(13-22,14-25)20-39-31-27(16-35)19-38-32(40-31)37-18-24-5-3-4-6-28(24)34/h3-6,19,21-23,25-26,30,36H,2,7-15,17-18,20H2,1H3,(H2,37,38,39,40)/t21?,22?,23?,25-,26+,30?,33?. The SMILES string of the molecule is CCC(=O)C1CCC(CNC2[C@@H]3CC4C[C@H]2CC(CNc2nc(NCc5ccccc5Cl)ncc2C#N)(C4)C3)CC1. The van der Waals surface area contributed by atoms with E-state index in [0.717, 1.165) is 49.2 Å². The van der Waals surface area contributed by atoms with Crippen molar-refractivity contribution in [3.8, 4) is 6.07 Å². The summed E-state index contributed by atoms with van der Waals surface area (Å²) in [4.78, 5) is 21.2. The van der Waals surface area contributed by atoms with E-state index >= 15 is 0 Å². The highest BCUT2D eigenvalue weighted by Gasteiger charge is 2.55. The predicted molar refractivity (Wildman–Crippen MR) is 163 cm³/mol. The predicted octanol–water partition coefficient (Wildman–Crippen LogP) is 6.60. The van der Waals surface area contributed by atoms with Gasteiger partial charge in [-0.2, -0.15) is 10.2 Å². The smallest absolute Gasteiger partial charge is 0.224 e. The van der Waals surface area contributed by atoms with E-state index in [0.29, 0.717) is 59.0 Å². The van der Waals surface area contributed by atoms with E-state index < -0.39 is 0 Å². The first-order valence-electron chi connectivity index (χ1n) is 15.7. The zero-order chi connectivity index (χ0) is 28.4. The van der Waals surface area contributed by atoms with Crippen LogP contribution in [0.15, 0.2) is 30.5 Å². The topological polar surface area (TPSA) is 103 Å². The number of ketones is 1. The molecule has 1 aromatic carbocycles. The molecule has 0 saturated heterocycles. The van der Waals surface area contributed by atoms with E-state index in [-0.39, 0.29) is 5.41 Å². The minimum absolute atomic E-state index is 0.274. The molecule has 0 radical (unpaired) electrons. The molecule has 7 rings (SSSR count). The molecule has 5 fully saturated rings. The minimum atomic E-state index is 0.274. The molecule has 218 valence electrons. The van der Waals surface area contributed by atoms with Crippen molar-refractivity contribution in [2.24, 2.45) is 35.0 Å². The number of hydrogen-bond acceptors (Lipinski definition) is 7. The van der Waals surface area contributed by atoms with E-state index in [9.17, 15) is 10.1 Å². The summed E-state index contributed by atoms with van der Waals surface area (Å²) in [7, 11) is 0. The molecule has 5 atom stereocenters. The second-order valence-electron chi connectivity index (χ2n) is 13.3. The number of carbonyl (C=O) groups excluding carboxylic acids is 1. The molecule has 3 N–H and O–H groups in total. The number of benzene rings is 1. The van der Waals surface area contributed by atoms with Gasteiger partial charge in [-0.15, -0.1) is 0 Å². The summed E-state index contributed by atoms with van der Waals surface area (Å²) in [6.07, 6.45) is 13.3. The molecule has 7 nitrogen and oxygen atoms in total. The monoisotopic (exact) mass is 574 g/mol. The summed E-state index contributed by atoms with van der Waals surface area (Å²) in [6.45, 7) is 4.48. The molecule has 5 saturated carbocycles. The highest BCUT2D eigenvalue weighted by molar-refractivity contribution is 6.31. The zero-order valence-corrected chi connectivity index (χ0v) is 24.9. The van der Waals surface area contributed by atoms with Gasteiger partial charge in [-0.1, -0.05) is 36.7 Å². The van der Waals surface area contributed by atoms with Crippen LogP contribution in [0.5, 0.6) is 0 Å². The number of nitriles is 1. The lowest BCUT2D eigenvalue weighted by Crippen LogP contribution is -2.60. The molecule has 41 heavy (non-hydrogen) atoms. The summed E-state index contributed by atoms with van der Waals surface area (Å²) in [6, 6.07) is 10.6. The fraction of sp³-hybridized carbons (Fsp3) is 0.636. The van der Waals surface area contributed by atoms with E-state index in [2.05, 4.69) is 27.0 Å². The Labute approximate surface area is 249 Å². The molecule has 5 aliphatic carbocycles. The van der Waals surface area contributed by atoms with Crippen molar-refractivity contribution in [2.75, 3.05) is 23.7 Å². The van der Waals surface area contributed by atoms with E-state index in [4.69, 9.17) is 16.6 Å². The zero-order valence-electron chi connectivity index (χ0n) is 24.2. The number of nitrogens with one attached hydrogen (secondary N) is 3. The van der Waals surface area contributed by atoms with Crippen LogP contribution in [0.3, 0.4) is 0 Å². The quantitative estimate of drug-likeness (QED) is 0.278. The highest BCUT2D eigenvalue weighted by Crippen LogP contribution is 2.60. The minimum Gasteiger partial charge on any atom is -0.368 e. The molecule has 0 spiro atoms. The first-order valence-corrected chi connectivity index (χ1v) is 16.1. The number of halogens is 1. The third-order valence-corrected chi connectivity index (χ3v) is 11.0. The maximum absolute atomic E-state index is 12.1. The van der Waals surface area contributed by atoms with Crippen LogP contribution in [0.1, 0.15) is 82.3 Å². The fourth-order valence-corrected chi connectivity index (χ4v) is 9.00. The summed E-state index contributed by atoms with van der Waals surface area (Å²) in [5, 5.41) is 21.4. The first kappa shape index (κ1) is 28.4. The molecule has 1 aromatic heterocycles. The number of hydrogen-bond donors (Lipinski definition) is 3. The summed E-state index contributed by atoms with van der Waals surface area (Å²) < 4.78 is 0. The third kappa shape index (κ3) is 6.24. The van der Waals surface area contributed by atoms with Crippen molar-refractivity contribution >= 4 is 29.2 Å². The van der Waals surface area contributed by atoms with Gasteiger partial charge in [0, 0.05) is 36.5 Å². The number of Topliss-reactive ketones (excluding diaryl/α,β-unsaturated/α-hetero) is 1. The normalized spacial score (nSPS) is 31.9. The van der Waals surface area contributed by atoms with E-state index in [1.807, 2.05) is 31.2 Å². The molecular formula is C33H43ClN6O. The van der Waals surface area contributed by atoms with Gasteiger partial charge in [0.25, 0.3) is 0 Å². The van der Waals surface area contributed by atoms with Gasteiger partial charge in [-0.25, -0.2) is 4.98 Å². The fourth-order valence-electron chi connectivity index (χ4n) is 8.79. The molecular weight excluding hydrogens is 532 g/mol. The Morgan fingerprint density at radius 1 is 1.10 bits per heavy atom. The lowest BCUT2D eigenvalue weighted by molar-refractivity contribution is -0.123. The Morgan fingerprint density at radius 2 is 1.85 bits per heavy atom. The second kappa shape index (κ2) is 12.3. The van der Waals surface area contributed by atoms with Gasteiger partial charge >= 0.3 is 0 Å². The van der Waals surface area contributed by atoms with Gasteiger partial charge in [0.1, 0.15) is 23.2 Å². The van der Waals surface area contributed by atoms with Crippen LogP contribution >= 0.6 is 11.6 Å². The first-order chi connectivity index (χ1) is 19.9. The van der Waals surface area contributed by atoms with Crippen molar-refractivity contribution in [3.05, 3.63) is 46.6 Å². The number of carbonyl (C=O) groups is 1. The van der Waals surface area contributed by atoms with E-state index in [1.165, 1.54) is 44.9 Å². The third-order valence-electron chi connectivity index (χ3n) is 10.6. The number of nitrogens with zero attached hydrogens (tertiary/aromatic N) is 3. The average molecular weight is 575 g/mol. The van der Waals surface area contributed by atoms with Crippen molar-refractivity contribution in [1.82, 2.24) is 15.3 Å². The van der Waals surface area contributed by atoms with Crippen molar-refractivity contribution in [1.29, 1.82) is 5.26 Å². The summed E-state index contributed by atoms with van der Waals surface area (Å²) >= 11 is 6.31. The van der Waals surface area contributed by atoms with Crippen LogP contribution in [-0.2, 0) is 11.3 Å². The largest absolute Gasteiger partial charge is 0.368 e. The van der Waals surface area contributed by atoms with Crippen LogP contribution in [-0.4, -0.2) is 34.9 Å². The summed E-state index contributed by atoms with van der Waals surface area (Å²) in [5.41, 5.74) is 1.73. The van der Waals surface area contributed by atoms with Gasteiger partial charge in [0.15, 0.2) is 0 Å². The van der Waals surface area contributed by atoms with Crippen LogP contribution < -0.4 is 16.0 Å². The van der Waals surface area contributed by atoms with Crippen LogP contribution in [0.2, 0.25) is 5.02 Å². The average Bonchev–Trinajstić information content (AvgIpc) is 2.99. The lowest BCUT2D eigenvalue weighted by atomic mass is 9.48. The Hall–Kier alpha value is -2.69.